The molecule has 110 valence electrons. The van der Waals surface area contributed by atoms with Gasteiger partial charge in [-0.2, -0.15) is 0 Å². The van der Waals surface area contributed by atoms with E-state index in [1.165, 1.54) is 50.1 Å². The summed E-state index contributed by atoms with van der Waals surface area (Å²) in [5.74, 6) is 0.704. The highest BCUT2D eigenvalue weighted by molar-refractivity contribution is 5.54. The fourth-order valence-corrected chi connectivity index (χ4v) is 3.79. The van der Waals surface area contributed by atoms with Crippen LogP contribution in [0.25, 0.3) is 0 Å². The maximum absolute atomic E-state index is 3.53. The van der Waals surface area contributed by atoms with Crippen LogP contribution in [0.15, 0.2) is 24.3 Å². The van der Waals surface area contributed by atoms with Gasteiger partial charge in [0.15, 0.2) is 0 Å². The number of nitrogens with one attached hydrogen (secondary N) is 1. The second-order valence-corrected chi connectivity index (χ2v) is 6.55. The molecule has 0 saturated carbocycles. The molecule has 1 fully saturated rings. The Bertz CT molecular complexity index is 444. The third-order valence-electron chi connectivity index (χ3n) is 4.74. The van der Waals surface area contributed by atoms with E-state index in [4.69, 9.17) is 0 Å². The molecule has 0 spiro atoms. The lowest BCUT2D eigenvalue weighted by Crippen LogP contribution is -2.40. The van der Waals surface area contributed by atoms with Crippen molar-refractivity contribution in [1.29, 1.82) is 0 Å². The number of fused-ring (bicyclic) bond motifs is 1. The SMILES string of the molecule is CN(C)CC1CCCN1CC1CCNc2ccccc21. The van der Waals surface area contributed by atoms with Gasteiger partial charge in [0.1, 0.15) is 0 Å². The van der Waals surface area contributed by atoms with E-state index in [2.05, 4.69) is 53.5 Å². The first-order valence-corrected chi connectivity index (χ1v) is 7.95. The van der Waals surface area contributed by atoms with Gasteiger partial charge >= 0.3 is 0 Å². The summed E-state index contributed by atoms with van der Waals surface area (Å²) in [6.45, 7) is 4.84. The number of benzene rings is 1. The fraction of sp³-hybridized carbons (Fsp3) is 0.647. The Morgan fingerprint density at radius 1 is 1.25 bits per heavy atom. The lowest BCUT2D eigenvalue weighted by Gasteiger charge is -2.33. The first-order chi connectivity index (χ1) is 9.74. The predicted octanol–water partition coefficient (Wildman–Crippen LogP) is 2.61. The molecule has 2 atom stereocenters. The minimum atomic E-state index is 0.704. The quantitative estimate of drug-likeness (QED) is 0.910. The molecule has 1 saturated heterocycles. The molecule has 2 aliphatic rings. The average Bonchev–Trinajstić information content (AvgIpc) is 2.86. The molecule has 1 aromatic rings. The molecule has 0 radical (unpaired) electrons. The molecular formula is C17H27N3. The smallest absolute Gasteiger partial charge is 0.0376 e. The molecule has 3 rings (SSSR count). The number of rotatable bonds is 4. The van der Waals surface area contributed by atoms with Crippen molar-refractivity contribution in [3.8, 4) is 0 Å². The topological polar surface area (TPSA) is 18.5 Å². The van der Waals surface area contributed by atoms with Crippen molar-refractivity contribution in [2.24, 2.45) is 0 Å². The molecule has 20 heavy (non-hydrogen) atoms. The number of nitrogens with zero attached hydrogens (tertiary/aromatic N) is 2. The summed E-state index contributed by atoms with van der Waals surface area (Å²) in [4.78, 5) is 5.06. The summed E-state index contributed by atoms with van der Waals surface area (Å²) in [6, 6.07) is 9.61. The van der Waals surface area contributed by atoms with Gasteiger partial charge in [-0.1, -0.05) is 18.2 Å². The van der Waals surface area contributed by atoms with E-state index < -0.39 is 0 Å². The van der Waals surface area contributed by atoms with E-state index in [1.54, 1.807) is 0 Å². The molecule has 0 aromatic heterocycles. The van der Waals surface area contributed by atoms with Crippen LogP contribution in [-0.2, 0) is 0 Å². The summed E-state index contributed by atoms with van der Waals surface area (Å²) in [7, 11) is 4.38. The Labute approximate surface area is 123 Å². The van der Waals surface area contributed by atoms with Crippen molar-refractivity contribution in [2.45, 2.75) is 31.2 Å². The van der Waals surface area contributed by atoms with Crippen LogP contribution in [0.2, 0.25) is 0 Å². The Kier molecular flexibility index (Phi) is 4.27. The van der Waals surface area contributed by atoms with Gasteiger partial charge in [-0.25, -0.2) is 0 Å². The predicted molar refractivity (Wildman–Crippen MR) is 85.4 cm³/mol. The molecular weight excluding hydrogens is 246 g/mol. The molecule has 2 unspecified atom stereocenters. The van der Waals surface area contributed by atoms with Crippen LogP contribution in [0, 0.1) is 0 Å². The minimum absolute atomic E-state index is 0.704. The third-order valence-corrected chi connectivity index (χ3v) is 4.74. The monoisotopic (exact) mass is 273 g/mol. The van der Waals surface area contributed by atoms with E-state index in [0.717, 1.165) is 12.6 Å². The van der Waals surface area contributed by atoms with Crippen LogP contribution in [0.4, 0.5) is 5.69 Å². The molecule has 2 heterocycles. The molecule has 2 aliphatic heterocycles. The Morgan fingerprint density at radius 2 is 2.10 bits per heavy atom. The summed E-state index contributed by atoms with van der Waals surface area (Å²) < 4.78 is 0. The van der Waals surface area contributed by atoms with Gasteiger partial charge in [0.2, 0.25) is 0 Å². The van der Waals surface area contributed by atoms with Crippen LogP contribution < -0.4 is 5.32 Å². The molecule has 1 aromatic carbocycles. The van der Waals surface area contributed by atoms with Gasteiger partial charge in [0, 0.05) is 37.3 Å². The van der Waals surface area contributed by atoms with E-state index in [9.17, 15) is 0 Å². The summed E-state index contributed by atoms with van der Waals surface area (Å²) >= 11 is 0. The van der Waals surface area contributed by atoms with E-state index in [0.29, 0.717) is 5.92 Å². The number of hydrogen-bond acceptors (Lipinski definition) is 3. The zero-order valence-electron chi connectivity index (χ0n) is 12.8. The average molecular weight is 273 g/mol. The first kappa shape index (κ1) is 13.9. The standard InChI is InChI=1S/C17H27N3/c1-19(2)13-15-6-5-11-20(15)12-14-9-10-18-17-8-4-3-7-16(14)17/h3-4,7-8,14-15,18H,5-6,9-13H2,1-2H3. The molecule has 1 N–H and O–H groups in total. The summed E-state index contributed by atoms with van der Waals surface area (Å²) in [5.41, 5.74) is 2.88. The van der Waals surface area contributed by atoms with Gasteiger partial charge in [0.25, 0.3) is 0 Å². The van der Waals surface area contributed by atoms with Gasteiger partial charge in [-0.3, -0.25) is 4.90 Å². The Hall–Kier alpha value is -1.06. The summed E-state index contributed by atoms with van der Waals surface area (Å²) in [5, 5.41) is 3.53. The maximum Gasteiger partial charge on any atom is 0.0376 e. The highest BCUT2D eigenvalue weighted by Crippen LogP contribution is 2.33. The second kappa shape index (κ2) is 6.15. The lowest BCUT2D eigenvalue weighted by atomic mass is 9.90. The van der Waals surface area contributed by atoms with Gasteiger partial charge in [0.05, 0.1) is 0 Å². The normalized spacial score (nSPS) is 26.6. The van der Waals surface area contributed by atoms with Gasteiger partial charge < -0.3 is 10.2 Å². The van der Waals surface area contributed by atoms with Crippen LogP contribution in [0.3, 0.4) is 0 Å². The highest BCUT2D eigenvalue weighted by Gasteiger charge is 2.29. The molecule has 0 bridgehead atoms. The van der Waals surface area contributed by atoms with Gasteiger partial charge in [-0.05, 0) is 51.5 Å². The number of likely N-dealkylation sites (N-methyl/N-ethyl adjacent to an activating group) is 1. The summed E-state index contributed by atoms with van der Waals surface area (Å²) in [6.07, 6.45) is 4.00. The number of para-hydroxylation sites is 1. The van der Waals surface area contributed by atoms with Crippen molar-refractivity contribution in [1.82, 2.24) is 9.80 Å². The van der Waals surface area contributed by atoms with Crippen LogP contribution in [0.1, 0.15) is 30.7 Å². The van der Waals surface area contributed by atoms with Gasteiger partial charge in [-0.15, -0.1) is 0 Å². The minimum Gasteiger partial charge on any atom is -0.385 e. The Balaban J connectivity index is 1.69. The van der Waals surface area contributed by atoms with Crippen molar-refractivity contribution in [2.75, 3.05) is 45.6 Å². The largest absolute Gasteiger partial charge is 0.385 e. The van der Waals surface area contributed by atoms with E-state index in [1.807, 2.05) is 0 Å². The molecule has 0 aliphatic carbocycles. The van der Waals surface area contributed by atoms with E-state index >= 15 is 0 Å². The van der Waals surface area contributed by atoms with Crippen molar-refractivity contribution in [3.05, 3.63) is 29.8 Å². The highest BCUT2D eigenvalue weighted by atomic mass is 15.2. The van der Waals surface area contributed by atoms with Crippen molar-refractivity contribution < 1.29 is 0 Å². The number of anilines is 1. The Morgan fingerprint density at radius 3 is 2.95 bits per heavy atom. The number of likely N-dealkylation sites (tertiary alicyclic amines) is 1. The zero-order valence-corrected chi connectivity index (χ0v) is 12.8. The maximum atomic E-state index is 3.53. The molecule has 3 nitrogen and oxygen atoms in total. The van der Waals surface area contributed by atoms with E-state index in [-0.39, 0.29) is 0 Å². The zero-order chi connectivity index (χ0) is 13.9. The lowest BCUT2D eigenvalue weighted by molar-refractivity contribution is 0.195. The first-order valence-electron chi connectivity index (χ1n) is 7.95. The fourth-order valence-electron chi connectivity index (χ4n) is 3.79. The van der Waals surface area contributed by atoms with Crippen LogP contribution in [0.5, 0.6) is 0 Å². The van der Waals surface area contributed by atoms with Crippen molar-refractivity contribution in [3.63, 3.8) is 0 Å². The van der Waals surface area contributed by atoms with Crippen LogP contribution >= 0.6 is 0 Å². The van der Waals surface area contributed by atoms with Crippen molar-refractivity contribution >= 4 is 5.69 Å². The molecule has 3 heteroatoms. The number of hydrogen-bond donors (Lipinski definition) is 1. The van der Waals surface area contributed by atoms with Crippen LogP contribution in [-0.4, -0.2) is 56.1 Å². The third kappa shape index (κ3) is 2.99. The molecule has 0 amide bonds. The second-order valence-electron chi connectivity index (χ2n) is 6.55.